The molecule has 2 aliphatic rings. The SMILES string of the molecule is Cc1nn([C@H]2CCS(=O)(=O)C2)c(C)c1CN(C)CC(=O)N1CCCCCCC1. The van der Waals surface area contributed by atoms with Gasteiger partial charge in [-0.1, -0.05) is 19.3 Å². The maximum atomic E-state index is 12.7. The second kappa shape index (κ2) is 8.95. The molecule has 0 spiro atoms. The van der Waals surface area contributed by atoms with Crippen LogP contribution >= 0.6 is 0 Å². The van der Waals surface area contributed by atoms with E-state index in [2.05, 4.69) is 5.10 Å². The Hall–Kier alpha value is -1.41. The molecule has 1 amide bonds. The number of rotatable bonds is 5. The molecule has 3 rings (SSSR count). The summed E-state index contributed by atoms with van der Waals surface area (Å²) in [6.45, 7) is 6.78. The van der Waals surface area contributed by atoms with Crippen molar-refractivity contribution in [1.29, 1.82) is 0 Å². The van der Waals surface area contributed by atoms with Gasteiger partial charge in [0.2, 0.25) is 5.91 Å². The fraction of sp³-hybridized carbons (Fsp3) is 0.800. The van der Waals surface area contributed by atoms with Crippen molar-refractivity contribution in [2.45, 2.75) is 65.0 Å². The van der Waals surface area contributed by atoms with Gasteiger partial charge in [0.15, 0.2) is 9.84 Å². The Kier molecular flexibility index (Phi) is 6.81. The summed E-state index contributed by atoms with van der Waals surface area (Å²) in [6.07, 6.45) is 6.55. The normalized spacial score (nSPS) is 23.0. The second-order valence-corrected chi connectivity index (χ2v) is 10.7. The molecule has 1 atom stereocenters. The third-order valence-corrected chi connectivity index (χ3v) is 7.82. The van der Waals surface area contributed by atoms with Crippen LogP contribution in [0.15, 0.2) is 0 Å². The third-order valence-electron chi connectivity index (χ3n) is 6.07. The lowest BCUT2D eigenvalue weighted by atomic mass is 10.1. The zero-order chi connectivity index (χ0) is 20.3. The molecule has 1 aromatic rings. The molecule has 2 saturated heterocycles. The van der Waals surface area contributed by atoms with Crippen molar-refractivity contribution in [3.8, 4) is 0 Å². The van der Waals surface area contributed by atoms with Gasteiger partial charge in [0, 0.05) is 30.9 Å². The standard InChI is InChI=1S/C20H34N4O3S/c1-16-19(17(2)24(21-16)18-9-12-28(26,27)15-18)13-22(3)14-20(25)23-10-7-5-4-6-8-11-23/h18H,4-15H2,1-3H3/t18-/m0/s1. The summed E-state index contributed by atoms with van der Waals surface area (Å²) >= 11 is 0. The number of likely N-dealkylation sites (N-methyl/N-ethyl adjacent to an activating group) is 1. The minimum atomic E-state index is -2.94. The first kappa shape index (κ1) is 21.3. The first-order valence-electron chi connectivity index (χ1n) is 10.5. The number of likely N-dealkylation sites (tertiary alicyclic amines) is 1. The van der Waals surface area contributed by atoms with E-state index < -0.39 is 9.84 Å². The molecule has 1 aromatic heterocycles. The summed E-state index contributed by atoms with van der Waals surface area (Å²) < 4.78 is 25.5. The van der Waals surface area contributed by atoms with Gasteiger partial charge in [-0.3, -0.25) is 14.4 Å². The van der Waals surface area contributed by atoms with Crippen LogP contribution in [0.5, 0.6) is 0 Å². The predicted octanol–water partition coefficient (Wildman–Crippen LogP) is 2.08. The Labute approximate surface area is 169 Å². The number of nitrogens with zero attached hydrogens (tertiary/aromatic N) is 4. The van der Waals surface area contributed by atoms with Crippen molar-refractivity contribution in [2.75, 3.05) is 38.2 Å². The van der Waals surface area contributed by atoms with Crippen LogP contribution in [0.3, 0.4) is 0 Å². The van der Waals surface area contributed by atoms with Crippen molar-refractivity contribution in [2.24, 2.45) is 0 Å². The summed E-state index contributed by atoms with van der Waals surface area (Å²) in [6, 6.07) is -0.0644. The first-order chi connectivity index (χ1) is 13.3. The molecular weight excluding hydrogens is 376 g/mol. The van der Waals surface area contributed by atoms with E-state index in [1.165, 1.54) is 19.3 Å². The maximum Gasteiger partial charge on any atom is 0.236 e. The Morgan fingerprint density at radius 3 is 2.39 bits per heavy atom. The second-order valence-electron chi connectivity index (χ2n) is 8.47. The molecule has 2 fully saturated rings. The molecule has 158 valence electrons. The van der Waals surface area contributed by atoms with Gasteiger partial charge < -0.3 is 4.90 Å². The van der Waals surface area contributed by atoms with Crippen molar-refractivity contribution < 1.29 is 13.2 Å². The number of hydrogen-bond acceptors (Lipinski definition) is 5. The lowest BCUT2D eigenvalue weighted by Gasteiger charge is -2.27. The summed E-state index contributed by atoms with van der Waals surface area (Å²) in [5, 5.41) is 4.63. The number of carbonyl (C=O) groups is 1. The van der Waals surface area contributed by atoms with E-state index in [0.717, 1.165) is 42.9 Å². The molecule has 0 unspecified atom stereocenters. The van der Waals surface area contributed by atoms with E-state index in [4.69, 9.17) is 0 Å². The fourth-order valence-electron chi connectivity index (χ4n) is 4.40. The highest BCUT2D eigenvalue weighted by Gasteiger charge is 2.31. The Morgan fingerprint density at radius 2 is 1.79 bits per heavy atom. The Morgan fingerprint density at radius 1 is 1.14 bits per heavy atom. The number of hydrogen-bond donors (Lipinski definition) is 0. The average Bonchev–Trinajstić information content (AvgIpc) is 3.08. The molecule has 2 aliphatic heterocycles. The largest absolute Gasteiger partial charge is 0.342 e. The van der Waals surface area contributed by atoms with Crippen LogP contribution < -0.4 is 0 Å². The lowest BCUT2D eigenvalue weighted by molar-refractivity contribution is -0.132. The van der Waals surface area contributed by atoms with Crippen LogP contribution in [0.1, 0.15) is 61.5 Å². The van der Waals surface area contributed by atoms with E-state index in [-0.39, 0.29) is 23.5 Å². The van der Waals surface area contributed by atoms with Crippen LogP contribution in [0.2, 0.25) is 0 Å². The van der Waals surface area contributed by atoms with Gasteiger partial charge in [0.05, 0.1) is 29.8 Å². The first-order valence-corrected chi connectivity index (χ1v) is 12.3. The molecule has 28 heavy (non-hydrogen) atoms. The number of carbonyl (C=O) groups excluding carboxylic acids is 1. The zero-order valence-electron chi connectivity index (χ0n) is 17.5. The predicted molar refractivity (Wildman–Crippen MR) is 110 cm³/mol. The van der Waals surface area contributed by atoms with Crippen LogP contribution in [0.25, 0.3) is 0 Å². The van der Waals surface area contributed by atoms with Crippen LogP contribution in [-0.2, 0) is 21.2 Å². The lowest BCUT2D eigenvalue weighted by Crippen LogP contribution is -2.40. The molecule has 0 radical (unpaired) electrons. The van der Waals surface area contributed by atoms with Crippen molar-refractivity contribution in [3.05, 3.63) is 17.0 Å². The summed E-state index contributed by atoms with van der Waals surface area (Å²) in [7, 11) is -0.972. The summed E-state index contributed by atoms with van der Waals surface area (Å²) in [5.74, 6) is 0.627. The van der Waals surface area contributed by atoms with Crippen molar-refractivity contribution >= 4 is 15.7 Å². The minimum Gasteiger partial charge on any atom is -0.342 e. The van der Waals surface area contributed by atoms with E-state index >= 15 is 0 Å². The Bertz CT molecular complexity index is 795. The molecular formula is C20H34N4O3S. The highest BCUT2D eigenvalue weighted by Crippen LogP contribution is 2.27. The highest BCUT2D eigenvalue weighted by molar-refractivity contribution is 7.91. The maximum absolute atomic E-state index is 12.7. The summed E-state index contributed by atoms with van der Waals surface area (Å²) in [4.78, 5) is 16.8. The molecule has 0 aromatic carbocycles. The zero-order valence-corrected chi connectivity index (χ0v) is 18.3. The van der Waals surface area contributed by atoms with Crippen molar-refractivity contribution in [1.82, 2.24) is 19.6 Å². The van der Waals surface area contributed by atoms with Crippen LogP contribution in [0.4, 0.5) is 0 Å². The monoisotopic (exact) mass is 410 g/mol. The summed E-state index contributed by atoms with van der Waals surface area (Å²) in [5.41, 5.74) is 3.05. The number of amides is 1. The van der Waals surface area contributed by atoms with Gasteiger partial charge in [-0.2, -0.15) is 5.10 Å². The molecule has 3 heterocycles. The quantitative estimate of drug-likeness (QED) is 0.743. The van der Waals surface area contributed by atoms with Gasteiger partial charge in [-0.15, -0.1) is 0 Å². The highest BCUT2D eigenvalue weighted by atomic mass is 32.2. The number of sulfone groups is 1. The van der Waals surface area contributed by atoms with Crippen LogP contribution in [0, 0.1) is 13.8 Å². The molecule has 0 N–H and O–H groups in total. The molecule has 0 bridgehead atoms. The van der Waals surface area contributed by atoms with Crippen molar-refractivity contribution in [3.63, 3.8) is 0 Å². The van der Waals surface area contributed by atoms with E-state index in [9.17, 15) is 13.2 Å². The fourth-order valence-corrected chi connectivity index (χ4v) is 6.10. The van der Waals surface area contributed by atoms with Gasteiger partial charge in [0.25, 0.3) is 0 Å². The van der Waals surface area contributed by atoms with Gasteiger partial charge >= 0.3 is 0 Å². The molecule has 8 heteroatoms. The minimum absolute atomic E-state index is 0.0644. The van der Waals surface area contributed by atoms with Gasteiger partial charge in [-0.25, -0.2) is 8.42 Å². The van der Waals surface area contributed by atoms with Gasteiger partial charge in [-0.05, 0) is 40.2 Å². The molecule has 7 nitrogen and oxygen atoms in total. The molecule has 0 saturated carbocycles. The smallest absolute Gasteiger partial charge is 0.236 e. The average molecular weight is 411 g/mol. The Balaban J connectivity index is 1.62. The molecule has 0 aliphatic carbocycles. The van der Waals surface area contributed by atoms with E-state index in [1.54, 1.807) is 0 Å². The third kappa shape index (κ3) is 5.14. The van der Waals surface area contributed by atoms with Gasteiger partial charge in [0.1, 0.15) is 0 Å². The number of aryl methyl sites for hydroxylation is 1. The van der Waals surface area contributed by atoms with E-state index in [0.29, 0.717) is 19.5 Å². The van der Waals surface area contributed by atoms with Crippen LogP contribution in [-0.4, -0.2) is 72.1 Å². The number of aromatic nitrogens is 2. The topological polar surface area (TPSA) is 75.5 Å². The van der Waals surface area contributed by atoms with E-state index in [1.807, 2.05) is 35.4 Å².